The minimum absolute atomic E-state index is 0.00261. The molecule has 1 aromatic rings. The first-order valence-corrected chi connectivity index (χ1v) is 7.17. The fourth-order valence-corrected chi connectivity index (χ4v) is 1.53. The lowest BCUT2D eigenvalue weighted by atomic mass is 10.2. The highest BCUT2D eigenvalue weighted by atomic mass is 16.1. The SMILES string of the molecule is CCNC(=NCc1ncnn1C)NCCNC(=O)C(C)C. The van der Waals surface area contributed by atoms with Gasteiger partial charge < -0.3 is 16.0 Å². The van der Waals surface area contributed by atoms with Crippen molar-refractivity contribution >= 4 is 11.9 Å². The van der Waals surface area contributed by atoms with Crippen LogP contribution in [-0.2, 0) is 18.4 Å². The highest BCUT2D eigenvalue weighted by molar-refractivity contribution is 5.80. The second-order valence-electron chi connectivity index (χ2n) is 4.87. The summed E-state index contributed by atoms with van der Waals surface area (Å²) in [7, 11) is 1.83. The maximum absolute atomic E-state index is 11.4. The summed E-state index contributed by atoms with van der Waals surface area (Å²) in [5.41, 5.74) is 0. The Morgan fingerprint density at radius 3 is 2.62 bits per heavy atom. The van der Waals surface area contributed by atoms with Gasteiger partial charge in [-0.05, 0) is 6.92 Å². The van der Waals surface area contributed by atoms with E-state index < -0.39 is 0 Å². The summed E-state index contributed by atoms with van der Waals surface area (Å²) >= 11 is 0. The van der Waals surface area contributed by atoms with Crippen LogP contribution < -0.4 is 16.0 Å². The maximum atomic E-state index is 11.4. The number of aliphatic imine (C=N–C) groups is 1. The van der Waals surface area contributed by atoms with E-state index >= 15 is 0 Å². The third-order valence-electron chi connectivity index (χ3n) is 2.77. The van der Waals surface area contributed by atoms with Gasteiger partial charge in [0.2, 0.25) is 5.91 Å². The molecule has 0 saturated heterocycles. The fraction of sp³-hybridized carbons (Fsp3) is 0.692. The summed E-state index contributed by atoms with van der Waals surface area (Å²) < 4.78 is 1.69. The van der Waals surface area contributed by atoms with Gasteiger partial charge in [-0.15, -0.1) is 0 Å². The normalized spacial score (nSPS) is 11.6. The number of carbonyl (C=O) groups excluding carboxylic acids is 1. The van der Waals surface area contributed by atoms with Gasteiger partial charge in [-0.25, -0.2) is 9.98 Å². The highest BCUT2D eigenvalue weighted by Crippen LogP contribution is 1.93. The average Bonchev–Trinajstić information content (AvgIpc) is 2.85. The zero-order valence-corrected chi connectivity index (χ0v) is 13.2. The standard InChI is InChI=1S/C13H25N7O/c1-5-14-13(16-7-6-15-12(21)10(2)3)17-8-11-18-9-19-20(11)4/h9-10H,5-8H2,1-4H3,(H,15,21)(H2,14,16,17). The first-order chi connectivity index (χ1) is 10.0. The Hall–Kier alpha value is -2.12. The summed E-state index contributed by atoms with van der Waals surface area (Å²) in [5.74, 6) is 1.54. The van der Waals surface area contributed by atoms with Crippen molar-refractivity contribution in [2.75, 3.05) is 19.6 Å². The van der Waals surface area contributed by atoms with Crippen LogP contribution in [0, 0.1) is 5.92 Å². The van der Waals surface area contributed by atoms with Gasteiger partial charge >= 0.3 is 0 Å². The summed E-state index contributed by atoms with van der Waals surface area (Å²) in [6.07, 6.45) is 1.51. The topological polar surface area (TPSA) is 96.2 Å². The molecule has 1 aromatic heterocycles. The number of aryl methyl sites for hydroxylation is 1. The Kier molecular flexibility index (Phi) is 7.20. The molecule has 0 aliphatic heterocycles. The van der Waals surface area contributed by atoms with Gasteiger partial charge in [-0.3, -0.25) is 9.48 Å². The second-order valence-corrected chi connectivity index (χ2v) is 4.87. The lowest BCUT2D eigenvalue weighted by Gasteiger charge is -2.12. The Bertz CT molecular complexity index is 467. The quantitative estimate of drug-likeness (QED) is 0.363. The molecule has 1 rings (SSSR count). The molecule has 1 heterocycles. The van der Waals surface area contributed by atoms with Crippen LogP contribution in [0.25, 0.3) is 0 Å². The molecule has 0 bridgehead atoms. The van der Waals surface area contributed by atoms with Crippen molar-refractivity contribution in [1.82, 2.24) is 30.7 Å². The minimum Gasteiger partial charge on any atom is -0.357 e. The molecule has 0 fully saturated rings. The van der Waals surface area contributed by atoms with E-state index in [9.17, 15) is 4.79 Å². The van der Waals surface area contributed by atoms with Crippen molar-refractivity contribution in [3.8, 4) is 0 Å². The average molecular weight is 295 g/mol. The number of aromatic nitrogens is 3. The van der Waals surface area contributed by atoms with Crippen LogP contribution in [0.3, 0.4) is 0 Å². The van der Waals surface area contributed by atoms with Gasteiger partial charge in [0.15, 0.2) is 5.96 Å². The highest BCUT2D eigenvalue weighted by Gasteiger charge is 2.05. The lowest BCUT2D eigenvalue weighted by molar-refractivity contribution is -0.123. The molecule has 0 unspecified atom stereocenters. The number of hydrogen-bond donors (Lipinski definition) is 3. The second kappa shape index (κ2) is 8.93. The molecule has 3 N–H and O–H groups in total. The van der Waals surface area contributed by atoms with Crippen LogP contribution in [-0.4, -0.2) is 46.3 Å². The van der Waals surface area contributed by atoms with Gasteiger partial charge in [0, 0.05) is 32.6 Å². The van der Waals surface area contributed by atoms with E-state index in [1.165, 1.54) is 6.33 Å². The Morgan fingerprint density at radius 1 is 1.33 bits per heavy atom. The summed E-state index contributed by atoms with van der Waals surface area (Å²) in [6, 6.07) is 0. The molecule has 0 saturated carbocycles. The largest absolute Gasteiger partial charge is 0.357 e. The zero-order chi connectivity index (χ0) is 15.7. The molecule has 0 aliphatic rings. The predicted octanol–water partition coefficient (Wildman–Crippen LogP) is -0.358. The number of hydrogen-bond acceptors (Lipinski definition) is 4. The maximum Gasteiger partial charge on any atom is 0.222 e. The van der Waals surface area contributed by atoms with Gasteiger partial charge in [-0.1, -0.05) is 13.8 Å². The molecule has 1 amide bonds. The number of nitrogens with zero attached hydrogens (tertiary/aromatic N) is 4. The summed E-state index contributed by atoms with van der Waals surface area (Å²) in [6.45, 7) is 8.13. The zero-order valence-electron chi connectivity index (χ0n) is 13.2. The molecule has 8 nitrogen and oxygen atoms in total. The lowest BCUT2D eigenvalue weighted by Crippen LogP contribution is -2.42. The molecule has 0 aromatic carbocycles. The summed E-state index contributed by atoms with van der Waals surface area (Å²) in [4.78, 5) is 20.0. The van der Waals surface area contributed by atoms with Crippen LogP contribution in [0.4, 0.5) is 0 Å². The number of carbonyl (C=O) groups is 1. The van der Waals surface area contributed by atoms with E-state index in [1.807, 2.05) is 27.8 Å². The third kappa shape index (κ3) is 6.24. The van der Waals surface area contributed by atoms with Crippen LogP contribution in [0.1, 0.15) is 26.6 Å². The van der Waals surface area contributed by atoms with Crippen molar-refractivity contribution in [2.45, 2.75) is 27.3 Å². The first kappa shape index (κ1) is 16.9. The van der Waals surface area contributed by atoms with Crippen LogP contribution in [0.2, 0.25) is 0 Å². The molecule has 0 spiro atoms. The number of amides is 1. The van der Waals surface area contributed by atoms with Gasteiger partial charge in [0.1, 0.15) is 18.7 Å². The molecular formula is C13H25N7O. The van der Waals surface area contributed by atoms with E-state index in [2.05, 4.69) is 31.0 Å². The van der Waals surface area contributed by atoms with Crippen molar-refractivity contribution in [1.29, 1.82) is 0 Å². The predicted molar refractivity (Wildman–Crippen MR) is 81.7 cm³/mol. The van der Waals surface area contributed by atoms with Crippen molar-refractivity contribution in [3.05, 3.63) is 12.2 Å². The number of guanidine groups is 1. The Morgan fingerprint density at radius 2 is 2.05 bits per heavy atom. The summed E-state index contributed by atoms with van der Waals surface area (Å²) in [5, 5.41) is 13.2. The van der Waals surface area contributed by atoms with E-state index in [1.54, 1.807) is 4.68 Å². The monoisotopic (exact) mass is 295 g/mol. The molecular weight excluding hydrogens is 270 g/mol. The fourth-order valence-electron chi connectivity index (χ4n) is 1.53. The molecule has 21 heavy (non-hydrogen) atoms. The molecule has 0 atom stereocenters. The van der Waals surface area contributed by atoms with Gasteiger partial charge in [0.25, 0.3) is 0 Å². The number of nitrogens with one attached hydrogen (secondary N) is 3. The Balaban J connectivity index is 2.39. The van der Waals surface area contributed by atoms with Crippen molar-refractivity contribution in [2.24, 2.45) is 18.0 Å². The number of rotatable bonds is 7. The smallest absolute Gasteiger partial charge is 0.222 e. The van der Waals surface area contributed by atoms with Crippen molar-refractivity contribution in [3.63, 3.8) is 0 Å². The molecule has 118 valence electrons. The Labute approximate surface area is 125 Å². The minimum atomic E-state index is 0.00261. The van der Waals surface area contributed by atoms with Crippen LogP contribution in [0.15, 0.2) is 11.3 Å². The van der Waals surface area contributed by atoms with Gasteiger partial charge in [-0.2, -0.15) is 5.10 Å². The van der Waals surface area contributed by atoms with Crippen LogP contribution in [0.5, 0.6) is 0 Å². The first-order valence-electron chi connectivity index (χ1n) is 7.17. The van der Waals surface area contributed by atoms with E-state index in [0.29, 0.717) is 25.6 Å². The third-order valence-corrected chi connectivity index (χ3v) is 2.77. The molecule has 8 heteroatoms. The van der Waals surface area contributed by atoms with Gasteiger partial charge in [0.05, 0.1) is 0 Å². The van der Waals surface area contributed by atoms with E-state index in [-0.39, 0.29) is 11.8 Å². The van der Waals surface area contributed by atoms with E-state index in [4.69, 9.17) is 0 Å². The van der Waals surface area contributed by atoms with Crippen molar-refractivity contribution < 1.29 is 4.79 Å². The molecule has 0 radical (unpaired) electrons. The molecule has 0 aliphatic carbocycles. The van der Waals surface area contributed by atoms with Crippen LogP contribution >= 0.6 is 0 Å². The van der Waals surface area contributed by atoms with E-state index in [0.717, 1.165) is 12.4 Å².